The first-order valence-corrected chi connectivity index (χ1v) is 5.00. The lowest BCUT2D eigenvalue weighted by Gasteiger charge is -2.28. The Morgan fingerprint density at radius 1 is 1.73 bits per heavy atom. The molecule has 0 fully saturated rings. The van der Waals surface area contributed by atoms with Gasteiger partial charge in [-0.25, -0.2) is 0 Å². The number of carboxylic acids is 1. The lowest BCUT2D eigenvalue weighted by atomic mass is 9.91. The van der Waals surface area contributed by atoms with Crippen molar-refractivity contribution in [1.82, 2.24) is 4.98 Å². The van der Waals surface area contributed by atoms with Crippen molar-refractivity contribution >= 4 is 5.97 Å². The van der Waals surface area contributed by atoms with Crippen LogP contribution < -0.4 is 4.74 Å². The van der Waals surface area contributed by atoms with E-state index in [1.807, 2.05) is 13.0 Å². The Morgan fingerprint density at radius 2 is 2.53 bits per heavy atom. The minimum absolute atomic E-state index is 0.0255. The fourth-order valence-electron chi connectivity index (χ4n) is 1.98. The number of aliphatic carboxylic acids is 1. The summed E-state index contributed by atoms with van der Waals surface area (Å²) in [5, 5.41) is 8.81. The smallest absolute Gasteiger partial charge is 0.304 e. The molecule has 0 aliphatic carbocycles. The zero-order valence-electron chi connectivity index (χ0n) is 8.51. The van der Waals surface area contributed by atoms with E-state index in [1.54, 1.807) is 12.3 Å². The molecule has 1 N–H and O–H groups in total. The lowest BCUT2D eigenvalue weighted by Crippen LogP contribution is -2.25. The maximum Gasteiger partial charge on any atom is 0.304 e. The van der Waals surface area contributed by atoms with Crippen LogP contribution in [0, 0.1) is 0 Å². The number of carboxylic acid groups (broad SMARTS) is 1. The molecule has 1 unspecified atom stereocenters. The SMILES string of the molecule is C[C@@H]1CC(CC(=O)O)c2ncccc2O1. The third kappa shape index (κ3) is 2.09. The van der Waals surface area contributed by atoms with E-state index in [9.17, 15) is 4.79 Å². The van der Waals surface area contributed by atoms with Gasteiger partial charge >= 0.3 is 5.97 Å². The molecular weight excluding hydrogens is 194 g/mol. The number of hydrogen-bond acceptors (Lipinski definition) is 3. The van der Waals surface area contributed by atoms with Crippen LogP contribution in [0.1, 0.15) is 31.4 Å². The van der Waals surface area contributed by atoms with E-state index >= 15 is 0 Å². The fraction of sp³-hybridized carbons (Fsp3) is 0.455. The van der Waals surface area contributed by atoms with Gasteiger partial charge in [-0.3, -0.25) is 9.78 Å². The van der Waals surface area contributed by atoms with Crippen molar-refractivity contribution in [3.8, 4) is 5.75 Å². The van der Waals surface area contributed by atoms with Crippen molar-refractivity contribution < 1.29 is 14.6 Å². The molecule has 1 aliphatic rings. The van der Waals surface area contributed by atoms with Crippen LogP contribution in [0.5, 0.6) is 5.75 Å². The first kappa shape index (κ1) is 9.96. The van der Waals surface area contributed by atoms with E-state index in [1.165, 1.54) is 0 Å². The van der Waals surface area contributed by atoms with Gasteiger partial charge in [0.15, 0.2) is 0 Å². The highest BCUT2D eigenvalue weighted by Gasteiger charge is 2.28. The number of hydrogen-bond donors (Lipinski definition) is 1. The minimum Gasteiger partial charge on any atom is -0.489 e. The third-order valence-electron chi connectivity index (χ3n) is 2.55. The summed E-state index contributed by atoms with van der Waals surface area (Å²) < 4.78 is 5.59. The van der Waals surface area contributed by atoms with Gasteiger partial charge in [-0.05, 0) is 25.5 Å². The van der Waals surface area contributed by atoms with Crippen LogP contribution in [0.3, 0.4) is 0 Å². The molecule has 2 atom stereocenters. The second-order valence-electron chi connectivity index (χ2n) is 3.85. The summed E-state index contributed by atoms with van der Waals surface area (Å²) in [6.45, 7) is 1.95. The van der Waals surface area contributed by atoms with Crippen LogP contribution in [0.4, 0.5) is 0 Å². The molecule has 2 rings (SSSR count). The zero-order chi connectivity index (χ0) is 10.8. The number of carbonyl (C=O) groups is 1. The van der Waals surface area contributed by atoms with E-state index in [0.717, 1.165) is 17.9 Å². The number of nitrogens with zero attached hydrogens (tertiary/aromatic N) is 1. The molecule has 1 aromatic rings. The molecule has 0 saturated carbocycles. The van der Waals surface area contributed by atoms with Gasteiger partial charge in [0.25, 0.3) is 0 Å². The van der Waals surface area contributed by atoms with Crippen molar-refractivity contribution in [2.45, 2.75) is 31.8 Å². The topological polar surface area (TPSA) is 59.4 Å². The molecule has 4 heteroatoms. The summed E-state index contributed by atoms with van der Waals surface area (Å²) in [6, 6.07) is 3.64. The molecule has 0 bridgehead atoms. The van der Waals surface area contributed by atoms with Crippen molar-refractivity contribution in [2.24, 2.45) is 0 Å². The fourth-order valence-corrected chi connectivity index (χ4v) is 1.98. The largest absolute Gasteiger partial charge is 0.489 e. The van der Waals surface area contributed by atoms with Gasteiger partial charge in [0.05, 0.1) is 18.2 Å². The minimum atomic E-state index is -0.786. The van der Waals surface area contributed by atoms with Gasteiger partial charge in [-0.2, -0.15) is 0 Å². The van der Waals surface area contributed by atoms with E-state index in [0.29, 0.717) is 0 Å². The maximum absolute atomic E-state index is 10.7. The maximum atomic E-state index is 10.7. The molecule has 80 valence electrons. The molecule has 0 saturated heterocycles. The third-order valence-corrected chi connectivity index (χ3v) is 2.55. The Balaban J connectivity index is 2.29. The quantitative estimate of drug-likeness (QED) is 0.803. The number of ether oxygens (including phenoxy) is 1. The van der Waals surface area contributed by atoms with E-state index in [4.69, 9.17) is 9.84 Å². The summed E-state index contributed by atoms with van der Waals surface area (Å²) >= 11 is 0. The molecule has 0 amide bonds. The summed E-state index contributed by atoms with van der Waals surface area (Å²) in [6.07, 6.45) is 2.58. The first-order valence-electron chi connectivity index (χ1n) is 5.00. The van der Waals surface area contributed by atoms with Crippen LogP contribution in [-0.2, 0) is 4.79 Å². The number of fused-ring (bicyclic) bond motifs is 1. The predicted molar refractivity (Wildman–Crippen MR) is 53.9 cm³/mol. The Morgan fingerprint density at radius 3 is 3.27 bits per heavy atom. The highest BCUT2D eigenvalue weighted by Crippen LogP contribution is 2.36. The molecule has 0 radical (unpaired) electrons. The second-order valence-corrected chi connectivity index (χ2v) is 3.85. The summed E-state index contributed by atoms with van der Waals surface area (Å²) in [5.74, 6) is -0.0874. The highest BCUT2D eigenvalue weighted by atomic mass is 16.5. The van der Waals surface area contributed by atoms with Crippen molar-refractivity contribution in [1.29, 1.82) is 0 Å². The zero-order valence-corrected chi connectivity index (χ0v) is 8.51. The average Bonchev–Trinajstić information content (AvgIpc) is 2.16. The molecule has 0 aromatic carbocycles. The first-order chi connectivity index (χ1) is 7.16. The van der Waals surface area contributed by atoms with Crippen molar-refractivity contribution in [3.63, 3.8) is 0 Å². The van der Waals surface area contributed by atoms with Gasteiger partial charge in [0, 0.05) is 12.1 Å². The number of aromatic nitrogens is 1. The Kier molecular flexibility index (Phi) is 2.58. The van der Waals surface area contributed by atoms with Gasteiger partial charge in [-0.15, -0.1) is 0 Å². The molecule has 4 nitrogen and oxygen atoms in total. The molecule has 1 aliphatic heterocycles. The summed E-state index contributed by atoms with van der Waals surface area (Å²) in [4.78, 5) is 14.9. The molecule has 0 spiro atoms. The second kappa shape index (κ2) is 3.88. The van der Waals surface area contributed by atoms with Crippen LogP contribution in [0.25, 0.3) is 0 Å². The number of rotatable bonds is 2. The summed E-state index contributed by atoms with van der Waals surface area (Å²) in [7, 11) is 0. The van der Waals surface area contributed by atoms with Gasteiger partial charge < -0.3 is 9.84 Å². The number of pyridine rings is 1. The van der Waals surface area contributed by atoms with Gasteiger partial charge in [0.1, 0.15) is 5.75 Å². The normalized spacial score (nSPS) is 24.1. The van der Waals surface area contributed by atoms with Crippen LogP contribution in [0.2, 0.25) is 0 Å². The van der Waals surface area contributed by atoms with Crippen LogP contribution >= 0.6 is 0 Å². The lowest BCUT2D eigenvalue weighted by molar-refractivity contribution is -0.137. The Labute approximate surface area is 87.9 Å². The van der Waals surface area contributed by atoms with E-state index in [2.05, 4.69) is 4.98 Å². The Bertz CT molecular complexity index is 378. The molecule has 2 heterocycles. The predicted octanol–water partition coefficient (Wildman–Crippen LogP) is 1.81. The monoisotopic (exact) mass is 207 g/mol. The summed E-state index contributed by atoms with van der Waals surface area (Å²) in [5.41, 5.74) is 0.776. The van der Waals surface area contributed by atoms with E-state index in [-0.39, 0.29) is 18.4 Å². The highest BCUT2D eigenvalue weighted by molar-refractivity contribution is 5.68. The molecule has 15 heavy (non-hydrogen) atoms. The van der Waals surface area contributed by atoms with Crippen molar-refractivity contribution in [3.05, 3.63) is 24.0 Å². The average molecular weight is 207 g/mol. The van der Waals surface area contributed by atoms with E-state index < -0.39 is 5.97 Å². The van der Waals surface area contributed by atoms with Gasteiger partial charge in [-0.1, -0.05) is 0 Å². The standard InChI is InChI=1S/C11H13NO3/c1-7-5-8(6-10(13)14)11-9(15-7)3-2-4-12-11/h2-4,7-8H,5-6H2,1H3,(H,13,14)/t7-,8?/m1/s1. The van der Waals surface area contributed by atoms with Crippen LogP contribution in [-0.4, -0.2) is 22.2 Å². The molecular formula is C11H13NO3. The van der Waals surface area contributed by atoms with Crippen LogP contribution in [0.15, 0.2) is 18.3 Å². The van der Waals surface area contributed by atoms with Gasteiger partial charge in [0.2, 0.25) is 0 Å². The Hall–Kier alpha value is -1.58. The molecule has 1 aromatic heterocycles. The van der Waals surface area contributed by atoms with Crippen molar-refractivity contribution in [2.75, 3.05) is 0 Å².